The molecule has 0 radical (unpaired) electrons. The number of carbonyl (C=O) groups is 1. The van der Waals surface area contributed by atoms with Crippen LogP contribution in [-0.2, 0) is 9.22 Å². The van der Waals surface area contributed by atoms with Crippen LogP contribution in [0, 0.1) is 11.3 Å². The van der Waals surface area contributed by atoms with Crippen molar-refractivity contribution in [1.29, 1.82) is 0 Å². The number of nitrogens with two attached hydrogens (primary N) is 1. The van der Waals surface area contributed by atoms with Crippen molar-refractivity contribution in [1.82, 2.24) is 0 Å². The predicted molar refractivity (Wildman–Crippen MR) is 105 cm³/mol. The lowest BCUT2D eigenvalue weighted by Crippen LogP contribution is -2.57. The van der Waals surface area contributed by atoms with E-state index >= 15 is 0 Å². The molecule has 4 nitrogen and oxygen atoms in total. The topological polar surface area (TPSA) is 72.5 Å². The van der Waals surface area contributed by atoms with Crippen molar-refractivity contribution in [2.75, 3.05) is 6.61 Å². The standard InChI is InChI=1S/C19H39NO3Si/c1-10-12-15(17(2,3)4)19(20,16(21)22)13-11-14-23-24(8,9)18(5,6)7/h10,12,15H,11,13-14,20H2,1-9H3,(H,21,22)/b12-10+. The maximum Gasteiger partial charge on any atom is 0.324 e. The number of aliphatic carboxylic acids is 1. The van der Waals surface area contributed by atoms with Crippen LogP contribution in [0.2, 0.25) is 18.1 Å². The van der Waals surface area contributed by atoms with Crippen LogP contribution in [0.3, 0.4) is 0 Å². The Hall–Kier alpha value is -0.653. The molecule has 0 amide bonds. The highest BCUT2D eigenvalue weighted by Crippen LogP contribution is 2.39. The van der Waals surface area contributed by atoms with Crippen LogP contribution >= 0.6 is 0 Å². The fourth-order valence-electron chi connectivity index (χ4n) is 2.73. The average molecular weight is 358 g/mol. The summed E-state index contributed by atoms with van der Waals surface area (Å²) in [5.41, 5.74) is 4.90. The zero-order valence-electron chi connectivity index (χ0n) is 17.2. The van der Waals surface area contributed by atoms with Gasteiger partial charge in [0, 0.05) is 12.5 Å². The van der Waals surface area contributed by atoms with E-state index in [0.29, 0.717) is 19.4 Å². The van der Waals surface area contributed by atoms with E-state index in [-0.39, 0.29) is 16.4 Å². The summed E-state index contributed by atoms with van der Waals surface area (Å²) in [5, 5.41) is 9.94. The minimum atomic E-state index is -1.81. The SMILES string of the molecule is C/C=C/C(C(C)(C)C)C(N)(CCCO[Si](C)(C)C(C)(C)C)C(=O)O. The minimum absolute atomic E-state index is 0.151. The highest BCUT2D eigenvalue weighted by atomic mass is 28.4. The van der Waals surface area contributed by atoms with Gasteiger partial charge in [-0.25, -0.2) is 0 Å². The van der Waals surface area contributed by atoms with Crippen molar-refractivity contribution < 1.29 is 14.3 Å². The van der Waals surface area contributed by atoms with Gasteiger partial charge in [0.25, 0.3) is 0 Å². The molecule has 0 aromatic carbocycles. The van der Waals surface area contributed by atoms with Gasteiger partial charge in [0.1, 0.15) is 5.54 Å². The maximum atomic E-state index is 11.9. The lowest BCUT2D eigenvalue weighted by atomic mass is 9.67. The quantitative estimate of drug-likeness (QED) is 0.371. The Kier molecular flexibility index (Phi) is 7.93. The number of carboxylic acid groups (broad SMARTS) is 1. The summed E-state index contributed by atoms with van der Waals surface area (Å²) in [7, 11) is -1.81. The number of carboxylic acids is 1. The molecule has 0 saturated carbocycles. The highest BCUT2D eigenvalue weighted by Gasteiger charge is 2.46. The summed E-state index contributed by atoms with van der Waals surface area (Å²) in [6.45, 7) is 19.6. The molecule has 0 spiro atoms. The van der Waals surface area contributed by atoms with Crippen molar-refractivity contribution in [3.05, 3.63) is 12.2 Å². The molecular weight excluding hydrogens is 318 g/mol. The third kappa shape index (κ3) is 6.01. The lowest BCUT2D eigenvalue weighted by Gasteiger charge is -2.41. The highest BCUT2D eigenvalue weighted by molar-refractivity contribution is 6.74. The van der Waals surface area contributed by atoms with E-state index in [4.69, 9.17) is 10.2 Å². The third-order valence-electron chi connectivity index (χ3n) is 5.27. The first-order valence-electron chi connectivity index (χ1n) is 8.88. The van der Waals surface area contributed by atoms with Crippen molar-refractivity contribution in [2.45, 2.75) is 85.0 Å². The third-order valence-corrected chi connectivity index (χ3v) is 9.81. The van der Waals surface area contributed by atoms with Gasteiger partial charge in [-0.1, -0.05) is 53.7 Å². The van der Waals surface area contributed by atoms with Crippen LogP contribution in [0.25, 0.3) is 0 Å². The number of hydrogen-bond donors (Lipinski definition) is 2. The molecule has 0 bridgehead atoms. The van der Waals surface area contributed by atoms with Crippen molar-refractivity contribution >= 4 is 14.3 Å². The number of rotatable bonds is 8. The zero-order valence-corrected chi connectivity index (χ0v) is 18.2. The van der Waals surface area contributed by atoms with E-state index in [1.54, 1.807) is 0 Å². The molecule has 2 atom stereocenters. The van der Waals surface area contributed by atoms with E-state index in [1.165, 1.54) is 0 Å². The summed E-state index contributed by atoms with van der Waals surface area (Å²) >= 11 is 0. The van der Waals surface area contributed by atoms with E-state index in [0.717, 1.165) is 0 Å². The normalized spacial score (nSPS) is 17.8. The van der Waals surface area contributed by atoms with Crippen molar-refractivity contribution in [3.63, 3.8) is 0 Å². The minimum Gasteiger partial charge on any atom is -0.480 e. The van der Waals surface area contributed by atoms with E-state index < -0.39 is 19.8 Å². The van der Waals surface area contributed by atoms with Crippen molar-refractivity contribution in [2.24, 2.45) is 17.1 Å². The first-order valence-corrected chi connectivity index (χ1v) is 11.8. The molecule has 2 unspecified atom stereocenters. The maximum absolute atomic E-state index is 11.9. The van der Waals surface area contributed by atoms with E-state index in [1.807, 2.05) is 39.8 Å². The summed E-state index contributed by atoms with van der Waals surface area (Å²) < 4.78 is 6.17. The summed E-state index contributed by atoms with van der Waals surface area (Å²) in [6.07, 6.45) is 4.89. The molecule has 142 valence electrons. The zero-order chi connectivity index (χ0) is 19.4. The lowest BCUT2D eigenvalue weighted by molar-refractivity contribution is -0.147. The van der Waals surface area contributed by atoms with Crippen LogP contribution in [-0.4, -0.2) is 31.5 Å². The molecule has 5 heteroatoms. The Labute approximate surface area is 150 Å². The van der Waals surface area contributed by atoms with Crippen molar-refractivity contribution in [3.8, 4) is 0 Å². The van der Waals surface area contributed by atoms with Gasteiger partial charge in [-0.2, -0.15) is 0 Å². The fourth-order valence-corrected chi connectivity index (χ4v) is 3.82. The Morgan fingerprint density at radius 3 is 2.04 bits per heavy atom. The van der Waals surface area contributed by atoms with Gasteiger partial charge >= 0.3 is 5.97 Å². The second kappa shape index (κ2) is 8.15. The second-order valence-corrected chi connectivity index (χ2v) is 14.2. The summed E-state index contributed by atoms with van der Waals surface area (Å²) in [5.74, 6) is -1.17. The summed E-state index contributed by atoms with van der Waals surface area (Å²) in [6, 6.07) is 0. The average Bonchev–Trinajstić information content (AvgIpc) is 2.37. The smallest absolute Gasteiger partial charge is 0.324 e. The van der Waals surface area contributed by atoms with Gasteiger partial charge in [-0.15, -0.1) is 0 Å². The van der Waals surface area contributed by atoms with Gasteiger partial charge < -0.3 is 15.3 Å². The van der Waals surface area contributed by atoms with Gasteiger partial charge in [-0.3, -0.25) is 4.79 Å². The van der Waals surface area contributed by atoms with Gasteiger partial charge in [0.05, 0.1) is 0 Å². The molecule has 3 N–H and O–H groups in total. The molecular formula is C19H39NO3Si. The monoisotopic (exact) mass is 357 g/mol. The van der Waals surface area contributed by atoms with Gasteiger partial charge in [0.15, 0.2) is 8.32 Å². The molecule has 0 rings (SSSR count). The predicted octanol–water partition coefficient (Wildman–Crippen LogP) is 4.81. The van der Waals surface area contributed by atoms with Crippen LogP contribution in [0.5, 0.6) is 0 Å². The Morgan fingerprint density at radius 2 is 1.71 bits per heavy atom. The molecule has 0 aromatic rings. The molecule has 0 fully saturated rings. The number of allylic oxidation sites excluding steroid dienone is 1. The molecule has 0 aliphatic rings. The van der Waals surface area contributed by atoms with E-state index in [9.17, 15) is 9.90 Å². The fraction of sp³-hybridized carbons (Fsp3) is 0.842. The summed E-state index contributed by atoms with van der Waals surface area (Å²) in [4.78, 5) is 11.9. The molecule has 24 heavy (non-hydrogen) atoms. The van der Waals surface area contributed by atoms with Crippen LogP contribution in [0.15, 0.2) is 12.2 Å². The first-order chi connectivity index (χ1) is 10.6. The molecule has 0 aromatic heterocycles. The van der Waals surface area contributed by atoms with Gasteiger partial charge in [-0.05, 0) is 43.3 Å². The van der Waals surface area contributed by atoms with Crippen LogP contribution < -0.4 is 5.73 Å². The number of hydrogen-bond acceptors (Lipinski definition) is 3. The Balaban J connectivity index is 5.08. The first kappa shape index (κ1) is 23.3. The van der Waals surface area contributed by atoms with E-state index in [2.05, 4.69) is 33.9 Å². The molecule has 0 aliphatic carbocycles. The van der Waals surface area contributed by atoms with Crippen LogP contribution in [0.4, 0.5) is 0 Å². The molecule has 0 heterocycles. The van der Waals surface area contributed by atoms with Gasteiger partial charge in [0.2, 0.25) is 0 Å². The largest absolute Gasteiger partial charge is 0.480 e. The van der Waals surface area contributed by atoms with Crippen LogP contribution in [0.1, 0.15) is 61.3 Å². The second-order valence-electron chi connectivity index (χ2n) is 9.43. The molecule has 0 saturated heterocycles. The molecule has 0 aliphatic heterocycles. The Bertz CT molecular complexity index is 447. The Morgan fingerprint density at radius 1 is 1.21 bits per heavy atom.